The van der Waals surface area contributed by atoms with Gasteiger partial charge in [-0.05, 0) is 56.8 Å². The monoisotopic (exact) mass is 282 g/mol. The van der Waals surface area contributed by atoms with Gasteiger partial charge in [-0.2, -0.15) is 0 Å². The van der Waals surface area contributed by atoms with Crippen molar-refractivity contribution in [3.05, 3.63) is 0 Å². The Kier molecular flexibility index (Phi) is 6.30. The highest BCUT2D eigenvalue weighted by Crippen LogP contribution is 2.27. The van der Waals surface area contributed by atoms with Crippen LogP contribution in [0.25, 0.3) is 0 Å². The Balaban J connectivity index is 1.63. The fourth-order valence-corrected chi connectivity index (χ4v) is 3.44. The molecule has 0 aromatic carbocycles. The smallest absolute Gasteiger partial charge is 0.222 e. The Morgan fingerprint density at radius 3 is 2.60 bits per heavy atom. The first kappa shape index (κ1) is 15.8. The maximum Gasteiger partial charge on any atom is 0.222 e. The summed E-state index contributed by atoms with van der Waals surface area (Å²) in [5, 5.41) is 0. The van der Waals surface area contributed by atoms with E-state index in [-0.39, 0.29) is 0 Å². The molecular weight excluding hydrogens is 252 g/mol. The van der Waals surface area contributed by atoms with E-state index in [0.717, 1.165) is 45.4 Å². The number of carbonyl (C=O) groups excluding carboxylic acids is 1. The minimum absolute atomic E-state index is 0.297. The van der Waals surface area contributed by atoms with E-state index in [9.17, 15) is 4.79 Å². The largest absolute Gasteiger partial charge is 0.381 e. The average molecular weight is 282 g/mol. The summed E-state index contributed by atoms with van der Waals surface area (Å²) in [5.74, 6) is 1.54. The minimum Gasteiger partial charge on any atom is -0.381 e. The molecule has 2 fully saturated rings. The molecule has 1 aliphatic heterocycles. The molecule has 4 heteroatoms. The van der Waals surface area contributed by atoms with Crippen LogP contribution in [0, 0.1) is 11.8 Å². The van der Waals surface area contributed by atoms with E-state index in [1.807, 2.05) is 11.9 Å². The van der Waals surface area contributed by atoms with Gasteiger partial charge in [0.2, 0.25) is 5.91 Å². The van der Waals surface area contributed by atoms with Gasteiger partial charge in [-0.3, -0.25) is 4.79 Å². The number of nitrogens with two attached hydrogens (primary N) is 1. The van der Waals surface area contributed by atoms with Gasteiger partial charge in [0.25, 0.3) is 0 Å². The Labute approximate surface area is 123 Å². The van der Waals surface area contributed by atoms with Crippen molar-refractivity contribution in [2.24, 2.45) is 17.6 Å². The first-order valence-electron chi connectivity index (χ1n) is 8.22. The highest BCUT2D eigenvalue weighted by molar-refractivity contribution is 5.75. The summed E-state index contributed by atoms with van der Waals surface area (Å²) in [6.07, 6.45) is 8.74. The van der Waals surface area contributed by atoms with Crippen molar-refractivity contribution < 1.29 is 9.53 Å². The van der Waals surface area contributed by atoms with Crippen molar-refractivity contribution in [3.8, 4) is 0 Å². The van der Waals surface area contributed by atoms with Gasteiger partial charge in [0, 0.05) is 32.7 Å². The fourth-order valence-electron chi connectivity index (χ4n) is 3.44. The molecule has 0 aromatic rings. The normalized spacial score (nSPS) is 31.0. The van der Waals surface area contributed by atoms with Crippen LogP contribution in [-0.2, 0) is 9.53 Å². The second-order valence-corrected chi connectivity index (χ2v) is 6.68. The van der Waals surface area contributed by atoms with Crippen molar-refractivity contribution >= 4 is 5.91 Å². The van der Waals surface area contributed by atoms with Crippen LogP contribution >= 0.6 is 0 Å². The van der Waals surface area contributed by atoms with E-state index in [1.165, 1.54) is 19.3 Å². The number of hydrogen-bond donors (Lipinski definition) is 1. The molecule has 2 aliphatic rings. The van der Waals surface area contributed by atoms with Gasteiger partial charge in [-0.1, -0.05) is 0 Å². The molecule has 0 radical (unpaired) electrons. The third-order valence-electron chi connectivity index (χ3n) is 4.87. The van der Waals surface area contributed by atoms with Crippen molar-refractivity contribution in [2.45, 2.75) is 57.4 Å². The summed E-state index contributed by atoms with van der Waals surface area (Å²) in [6.45, 7) is 2.56. The molecule has 2 rings (SSSR count). The van der Waals surface area contributed by atoms with E-state index in [2.05, 4.69) is 0 Å². The van der Waals surface area contributed by atoms with Gasteiger partial charge >= 0.3 is 0 Å². The quantitative estimate of drug-likeness (QED) is 0.841. The molecule has 2 N–H and O–H groups in total. The molecule has 0 spiro atoms. The number of carbonyl (C=O) groups is 1. The lowest BCUT2D eigenvalue weighted by Crippen LogP contribution is -2.35. The van der Waals surface area contributed by atoms with Crippen molar-refractivity contribution in [2.75, 3.05) is 26.8 Å². The lowest BCUT2D eigenvalue weighted by Gasteiger charge is -2.29. The molecule has 1 saturated carbocycles. The van der Waals surface area contributed by atoms with Gasteiger partial charge in [0.05, 0.1) is 6.61 Å². The topological polar surface area (TPSA) is 55.6 Å². The molecule has 4 nitrogen and oxygen atoms in total. The number of amides is 1. The van der Waals surface area contributed by atoms with Gasteiger partial charge in [-0.15, -0.1) is 0 Å². The number of rotatable bonds is 5. The molecular formula is C16H30N2O2. The molecule has 1 amide bonds. The standard InChI is InChI=1S/C16H30N2O2/c1-18(11-14-3-2-10-20-12-14)16(19)9-6-13-4-7-15(17)8-5-13/h13-15H,2-12,17H2,1H3. The molecule has 0 bridgehead atoms. The zero-order valence-electron chi connectivity index (χ0n) is 12.9. The molecule has 116 valence electrons. The average Bonchev–Trinajstić information content (AvgIpc) is 2.47. The van der Waals surface area contributed by atoms with Gasteiger partial charge in [-0.25, -0.2) is 0 Å². The van der Waals surface area contributed by atoms with E-state index in [0.29, 0.717) is 30.2 Å². The highest BCUT2D eigenvalue weighted by atomic mass is 16.5. The van der Waals surface area contributed by atoms with E-state index in [1.54, 1.807) is 0 Å². The number of ether oxygens (including phenoxy) is 1. The van der Waals surface area contributed by atoms with Crippen LogP contribution in [0.5, 0.6) is 0 Å². The predicted octanol–water partition coefficient (Wildman–Crippen LogP) is 2.17. The Hall–Kier alpha value is -0.610. The van der Waals surface area contributed by atoms with Gasteiger partial charge in [0.15, 0.2) is 0 Å². The second kappa shape index (κ2) is 7.99. The lowest BCUT2D eigenvalue weighted by molar-refractivity contribution is -0.131. The molecule has 1 unspecified atom stereocenters. The Morgan fingerprint density at radius 2 is 1.95 bits per heavy atom. The molecule has 1 atom stereocenters. The summed E-state index contributed by atoms with van der Waals surface area (Å²) < 4.78 is 5.48. The summed E-state index contributed by atoms with van der Waals surface area (Å²) in [5.41, 5.74) is 5.92. The van der Waals surface area contributed by atoms with Crippen molar-refractivity contribution in [1.29, 1.82) is 0 Å². The summed E-state index contributed by atoms with van der Waals surface area (Å²) in [4.78, 5) is 14.1. The van der Waals surface area contributed by atoms with Crippen molar-refractivity contribution in [1.82, 2.24) is 4.90 Å². The molecule has 20 heavy (non-hydrogen) atoms. The Morgan fingerprint density at radius 1 is 1.20 bits per heavy atom. The van der Waals surface area contributed by atoms with Crippen LogP contribution in [0.2, 0.25) is 0 Å². The first-order chi connectivity index (χ1) is 9.65. The predicted molar refractivity (Wildman–Crippen MR) is 80.3 cm³/mol. The van der Waals surface area contributed by atoms with Crippen LogP contribution in [0.3, 0.4) is 0 Å². The summed E-state index contributed by atoms with van der Waals surface area (Å²) >= 11 is 0. The third kappa shape index (κ3) is 5.06. The van der Waals surface area contributed by atoms with E-state index in [4.69, 9.17) is 10.5 Å². The zero-order valence-corrected chi connectivity index (χ0v) is 12.9. The van der Waals surface area contributed by atoms with E-state index >= 15 is 0 Å². The van der Waals surface area contributed by atoms with E-state index < -0.39 is 0 Å². The van der Waals surface area contributed by atoms with Crippen LogP contribution in [0.15, 0.2) is 0 Å². The molecule has 1 heterocycles. The number of hydrogen-bond acceptors (Lipinski definition) is 3. The second-order valence-electron chi connectivity index (χ2n) is 6.68. The lowest BCUT2D eigenvalue weighted by atomic mass is 9.83. The summed E-state index contributed by atoms with van der Waals surface area (Å²) in [7, 11) is 1.94. The maximum atomic E-state index is 12.2. The summed E-state index contributed by atoms with van der Waals surface area (Å²) in [6, 6.07) is 0.399. The third-order valence-corrected chi connectivity index (χ3v) is 4.87. The van der Waals surface area contributed by atoms with Crippen LogP contribution in [0.4, 0.5) is 0 Å². The SMILES string of the molecule is CN(CC1CCCOC1)C(=O)CCC1CCC(N)CC1. The zero-order chi connectivity index (χ0) is 14.4. The van der Waals surface area contributed by atoms with Crippen molar-refractivity contribution in [3.63, 3.8) is 0 Å². The number of nitrogens with zero attached hydrogens (tertiary/aromatic N) is 1. The van der Waals surface area contributed by atoms with Crippen LogP contribution < -0.4 is 5.73 Å². The molecule has 1 aliphatic carbocycles. The first-order valence-corrected chi connectivity index (χ1v) is 8.22. The maximum absolute atomic E-state index is 12.2. The van der Waals surface area contributed by atoms with Gasteiger partial charge in [0.1, 0.15) is 0 Å². The fraction of sp³-hybridized carbons (Fsp3) is 0.938. The Bertz CT molecular complexity index is 295. The van der Waals surface area contributed by atoms with Crippen LogP contribution in [-0.4, -0.2) is 43.7 Å². The van der Waals surface area contributed by atoms with Gasteiger partial charge < -0.3 is 15.4 Å². The molecule has 0 aromatic heterocycles. The molecule has 1 saturated heterocycles. The minimum atomic E-state index is 0.297. The van der Waals surface area contributed by atoms with Crippen LogP contribution in [0.1, 0.15) is 51.4 Å². The highest BCUT2D eigenvalue weighted by Gasteiger charge is 2.22.